The summed E-state index contributed by atoms with van der Waals surface area (Å²) in [5, 5.41) is 0. The van der Waals surface area contributed by atoms with Crippen LogP contribution in [-0.4, -0.2) is 5.84 Å². The molecular weight excluding hydrogens is 239 g/mol. The monoisotopic (exact) mass is 260 g/mol. The molecule has 1 aliphatic carbocycles. The largest absolute Gasteiger partial charge is 0.387 e. The Bertz CT molecular complexity index is 511. The number of amidine groups is 1. The second kappa shape index (κ2) is 6.00. The fourth-order valence-electron chi connectivity index (χ4n) is 2.55. The fraction of sp³-hybridized carbons (Fsp3) is 0.438. The fourth-order valence-corrected chi connectivity index (χ4v) is 2.55. The van der Waals surface area contributed by atoms with Gasteiger partial charge in [-0.2, -0.15) is 0 Å². The maximum Gasteiger partial charge on any atom is 0.126 e. The van der Waals surface area contributed by atoms with E-state index in [1.807, 2.05) is 19.1 Å². The standard InChI is InChI=1S/C16H21FN2/c1-3-15(13-8-9-14(17)11(2)10-13)19-16(18)12-6-4-5-7-12/h3,8-10,12H,4-7H2,1-2H3,(H2,18,19). The zero-order valence-electron chi connectivity index (χ0n) is 11.6. The molecule has 0 spiro atoms. The van der Waals surface area contributed by atoms with Crippen LogP contribution in [0.15, 0.2) is 29.3 Å². The van der Waals surface area contributed by atoms with Gasteiger partial charge in [-0.1, -0.05) is 18.9 Å². The van der Waals surface area contributed by atoms with Crippen molar-refractivity contribution in [3.8, 4) is 0 Å². The van der Waals surface area contributed by atoms with E-state index in [2.05, 4.69) is 4.99 Å². The summed E-state index contributed by atoms with van der Waals surface area (Å²) in [6, 6.07) is 5.05. The second-order valence-corrected chi connectivity index (χ2v) is 5.16. The summed E-state index contributed by atoms with van der Waals surface area (Å²) < 4.78 is 13.3. The smallest absolute Gasteiger partial charge is 0.126 e. The first kappa shape index (κ1) is 13.8. The summed E-state index contributed by atoms with van der Waals surface area (Å²) in [6.07, 6.45) is 6.67. The molecule has 0 aromatic heterocycles. The van der Waals surface area contributed by atoms with Gasteiger partial charge in [-0.3, -0.25) is 0 Å². The van der Waals surface area contributed by atoms with Gasteiger partial charge in [0.2, 0.25) is 0 Å². The quantitative estimate of drug-likeness (QED) is 0.646. The van der Waals surface area contributed by atoms with Crippen molar-refractivity contribution in [1.29, 1.82) is 0 Å². The van der Waals surface area contributed by atoms with Crippen molar-refractivity contribution in [2.45, 2.75) is 39.5 Å². The molecule has 1 aromatic rings. The third-order valence-electron chi connectivity index (χ3n) is 3.75. The van der Waals surface area contributed by atoms with Crippen LogP contribution < -0.4 is 5.73 Å². The maximum atomic E-state index is 13.3. The molecule has 1 aliphatic rings. The molecule has 3 heteroatoms. The van der Waals surface area contributed by atoms with Gasteiger partial charge in [0, 0.05) is 11.5 Å². The highest BCUT2D eigenvalue weighted by Crippen LogP contribution is 2.26. The van der Waals surface area contributed by atoms with Gasteiger partial charge in [0.1, 0.15) is 11.7 Å². The minimum absolute atomic E-state index is 0.188. The maximum absolute atomic E-state index is 13.3. The summed E-state index contributed by atoms with van der Waals surface area (Å²) in [5.41, 5.74) is 8.47. The summed E-state index contributed by atoms with van der Waals surface area (Å²) >= 11 is 0. The highest BCUT2D eigenvalue weighted by atomic mass is 19.1. The molecule has 2 rings (SSSR count). The number of hydrogen-bond acceptors (Lipinski definition) is 1. The molecule has 1 saturated carbocycles. The van der Waals surface area contributed by atoms with E-state index in [1.54, 1.807) is 13.0 Å². The van der Waals surface area contributed by atoms with E-state index in [-0.39, 0.29) is 5.82 Å². The lowest BCUT2D eigenvalue weighted by Gasteiger charge is -2.10. The first-order valence-electron chi connectivity index (χ1n) is 6.88. The van der Waals surface area contributed by atoms with E-state index in [9.17, 15) is 4.39 Å². The van der Waals surface area contributed by atoms with E-state index in [0.29, 0.717) is 17.3 Å². The summed E-state index contributed by atoms with van der Waals surface area (Å²) in [4.78, 5) is 4.55. The third kappa shape index (κ3) is 3.22. The molecule has 0 heterocycles. The van der Waals surface area contributed by atoms with Crippen LogP contribution in [0.4, 0.5) is 4.39 Å². The molecule has 19 heavy (non-hydrogen) atoms. The van der Waals surface area contributed by atoms with Gasteiger partial charge in [-0.25, -0.2) is 9.38 Å². The molecule has 2 N–H and O–H groups in total. The number of rotatable bonds is 3. The molecule has 0 atom stereocenters. The molecule has 0 saturated heterocycles. The van der Waals surface area contributed by atoms with Crippen molar-refractivity contribution < 1.29 is 4.39 Å². The van der Waals surface area contributed by atoms with Gasteiger partial charge in [-0.05, 0) is 50.5 Å². The molecule has 102 valence electrons. The number of allylic oxidation sites excluding steroid dienone is 1. The number of nitrogens with zero attached hydrogens (tertiary/aromatic N) is 1. The van der Waals surface area contributed by atoms with E-state index in [4.69, 9.17) is 5.73 Å². The molecule has 1 aromatic carbocycles. The van der Waals surface area contributed by atoms with Gasteiger partial charge >= 0.3 is 0 Å². The zero-order valence-corrected chi connectivity index (χ0v) is 11.6. The lowest BCUT2D eigenvalue weighted by atomic mass is 10.1. The Morgan fingerprint density at radius 3 is 2.63 bits per heavy atom. The van der Waals surface area contributed by atoms with Crippen molar-refractivity contribution in [1.82, 2.24) is 0 Å². The molecule has 1 fully saturated rings. The first-order chi connectivity index (χ1) is 9.11. The minimum Gasteiger partial charge on any atom is -0.387 e. The molecule has 0 amide bonds. The van der Waals surface area contributed by atoms with Crippen LogP contribution >= 0.6 is 0 Å². The third-order valence-corrected chi connectivity index (χ3v) is 3.75. The molecule has 0 bridgehead atoms. The molecule has 0 aliphatic heterocycles. The van der Waals surface area contributed by atoms with Crippen molar-refractivity contribution in [2.24, 2.45) is 16.6 Å². The highest BCUT2D eigenvalue weighted by Gasteiger charge is 2.19. The van der Waals surface area contributed by atoms with Gasteiger partial charge in [0.15, 0.2) is 0 Å². The van der Waals surface area contributed by atoms with Crippen LogP contribution in [0.1, 0.15) is 43.7 Å². The number of nitrogens with two attached hydrogens (primary N) is 1. The summed E-state index contributed by atoms with van der Waals surface area (Å²) in [6.45, 7) is 3.69. The topological polar surface area (TPSA) is 38.4 Å². The van der Waals surface area contributed by atoms with E-state index < -0.39 is 0 Å². The Kier molecular flexibility index (Phi) is 4.35. The average molecular weight is 260 g/mol. The van der Waals surface area contributed by atoms with Crippen LogP contribution in [-0.2, 0) is 0 Å². The van der Waals surface area contributed by atoms with Crippen LogP contribution in [0, 0.1) is 18.7 Å². The van der Waals surface area contributed by atoms with Crippen LogP contribution in [0.5, 0.6) is 0 Å². The number of aliphatic imine (C=N–C) groups is 1. The number of hydrogen-bond donors (Lipinski definition) is 1. The van der Waals surface area contributed by atoms with E-state index in [0.717, 1.165) is 24.1 Å². The SMILES string of the molecule is CC=C(N=C(N)C1CCCC1)c1ccc(F)c(C)c1. The van der Waals surface area contributed by atoms with Crippen LogP contribution in [0.25, 0.3) is 5.70 Å². The van der Waals surface area contributed by atoms with Crippen molar-refractivity contribution in [3.05, 3.63) is 41.2 Å². The van der Waals surface area contributed by atoms with E-state index >= 15 is 0 Å². The Labute approximate surface area is 114 Å². The lowest BCUT2D eigenvalue weighted by molar-refractivity contribution is 0.618. The van der Waals surface area contributed by atoms with Crippen molar-refractivity contribution in [3.63, 3.8) is 0 Å². The van der Waals surface area contributed by atoms with Crippen LogP contribution in [0.2, 0.25) is 0 Å². The number of benzene rings is 1. The first-order valence-corrected chi connectivity index (χ1v) is 6.88. The van der Waals surface area contributed by atoms with Crippen molar-refractivity contribution in [2.75, 3.05) is 0 Å². The minimum atomic E-state index is -0.188. The van der Waals surface area contributed by atoms with E-state index in [1.165, 1.54) is 18.9 Å². The van der Waals surface area contributed by atoms with Crippen molar-refractivity contribution >= 4 is 11.5 Å². The highest BCUT2D eigenvalue weighted by molar-refractivity contribution is 5.88. The zero-order chi connectivity index (χ0) is 13.8. The predicted octanol–water partition coefficient (Wildman–Crippen LogP) is 4.04. The molecule has 2 nitrogen and oxygen atoms in total. The van der Waals surface area contributed by atoms with Gasteiger partial charge in [0.25, 0.3) is 0 Å². The lowest BCUT2D eigenvalue weighted by Crippen LogP contribution is -2.21. The predicted molar refractivity (Wildman–Crippen MR) is 78.4 cm³/mol. The van der Waals surface area contributed by atoms with Crippen LogP contribution in [0.3, 0.4) is 0 Å². The van der Waals surface area contributed by atoms with Gasteiger partial charge < -0.3 is 5.73 Å². The molecular formula is C16H21FN2. The number of halogens is 1. The second-order valence-electron chi connectivity index (χ2n) is 5.16. The Hall–Kier alpha value is -1.64. The normalized spacial score (nSPS) is 18.1. The Balaban J connectivity index is 2.24. The van der Waals surface area contributed by atoms with Gasteiger partial charge in [0.05, 0.1) is 5.70 Å². The summed E-state index contributed by atoms with van der Waals surface area (Å²) in [7, 11) is 0. The number of aryl methyl sites for hydroxylation is 1. The van der Waals surface area contributed by atoms with Gasteiger partial charge in [-0.15, -0.1) is 0 Å². The summed E-state index contributed by atoms with van der Waals surface area (Å²) in [5.74, 6) is 0.941. The Morgan fingerprint density at radius 2 is 2.05 bits per heavy atom. The molecule has 0 unspecified atom stereocenters. The Morgan fingerprint density at radius 1 is 1.37 bits per heavy atom. The molecule has 0 radical (unpaired) electrons. The average Bonchev–Trinajstić information content (AvgIpc) is 2.93.